The van der Waals surface area contributed by atoms with Crippen LogP contribution >= 0.6 is 12.2 Å². The van der Waals surface area contributed by atoms with Crippen molar-refractivity contribution in [1.82, 2.24) is 5.32 Å². The van der Waals surface area contributed by atoms with Crippen molar-refractivity contribution in [3.8, 4) is 11.5 Å². The number of rotatable bonds is 7. The van der Waals surface area contributed by atoms with Crippen LogP contribution in [0.4, 0.5) is 5.69 Å². The molecule has 2 rings (SSSR count). The fourth-order valence-corrected chi connectivity index (χ4v) is 2.31. The van der Waals surface area contributed by atoms with Crippen molar-refractivity contribution in [3.63, 3.8) is 0 Å². The lowest BCUT2D eigenvalue weighted by atomic mass is 10.2. The van der Waals surface area contributed by atoms with E-state index < -0.39 is 0 Å². The number of hydrogen-bond donors (Lipinski definition) is 2. The van der Waals surface area contributed by atoms with Gasteiger partial charge < -0.3 is 14.8 Å². The van der Waals surface area contributed by atoms with Gasteiger partial charge in [-0.3, -0.25) is 10.1 Å². The van der Waals surface area contributed by atoms with Crippen LogP contribution in [0, 0.1) is 5.92 Å². The highest BCUT2D eigenvalue weighted by atomic mass is 32.1. The Balaban J connectivity index is 1.87. The number of benzene rings is 2. The van der Waals surface area contributed by atoms with E-state index >= 15 is 0 Å². The molecule has 0 fully saturated rings. The maximum atomic E-state index is 12.3. The van der Waals surface area contributed by atoms with Crippen LogP contribution in [-0.4, -0.2) is 24.2 Å². The van der Waals surface area contributed by atoms with Crippen molar-refractivity contribution in [2.75, 3.05) is 18.5 Å². The molecule has 0 atom stereocenters. The van der Waals surface area contributed by atoms with Crippen LogP contribution in [-0.2, 0) is 0 Å². The van der Waals surface area contributed by atoms with Gasteiger partial charge in [0, 0.05) is 11.3 Å². The maximum absolute atomic E-state index is 12.3. The van der Waals surface area contributed by atoms with E-state index in [0.29, 0.717) is 24.7 Å². The van der Waals surface area contributed by atoms with Crippen molar-refractivity contribution in [3.05, 3.63) is 54.1 Å². The van der Waals surface area contributed by atoms with Gasteiger partial charge in [-0.15, -0.1) is 0 Å². The van der Waals surface area contributed by atoms with Crippen molar-refractivity contribution < 1.29 is 14.3 Å². The molecular weight excluding hydrogens is 348 g/mol. The Kier molecular flexibility index (Phi) is 7.41. The van der Waals surface area contributed by atoms with Crippen LogP contribution in [0.1, 0.15) is 31.1 Å². The van der Waals surface area contributed by atoms with E-state index in [1.165, 1.54) is 0 Å². The first-order valence-corrected chi connectivity index (χ1v) is 8.96. The summed E-state index contributed by atoms with van der Waals surface area (Å²) in [7, 11) is 0. The number of anilines is 1. The molecule has 0 spiro atoms. The van der Waals surface area contributed by atoms with Crippen LogP contribution in [0.15, 0.2) is 48.5 Å². The van der Waals surface area contributed by atoms with Gasteiger partial charge in [0.2, 0.25) is 0 Å². The van der Waals surface area contributed by atoms with Crippen LogP contribution in [0.3, 0.4) is 0 Å². The lowest BCUT2D eigenvalue weighted by molar-refractivity contribution is 0.0977. The first kappa shape index (κ1) is 19.7. The summed E-state index contributed by atoms with van der Waals surface area (Å²) in [5.41, 5.74) is 1.29. The van der Waals surface area contributed by atoms with Crippen molar-refractivity contribution in [1.29, 1.82) is 0 Å². The Labute approximate surface area is 159 Å². The summed E-state index contributed by atoms with van der Waals surface area (Å²) in [5, 5.41) is 5.87. The second-order valence-corrected chi connectivity index (χ2v) is 6.50. The summed E-state index contributed by atoms with van der Waals surface area (Å²) in [6, 6.07) is 14.3. The van der Waals surface area contributed by atoms with Gasteiger partial charge in [0.05, 0.1) is 13.2 Å². The van der Waals surface area contributed by atoms with Crippen LogP contribution in [0.5, 0.6) is 11.5 Å². The molecule has 6 heteroatoms. The Morgan fingerprint density at radius 1 is 1.00 bits per heavy atom. The summed E-state index contributed by atoms with van der Waals surface area (Å²) in [4.78, 5) is 12.3. The van der Waals surface area contributed by atoms with Gasteiger partial charge in [-0.05, 0) is 73.6 Å². The first-order chi connectivity index (χ1) is 12.5. The molecule has 2 aromatic carbocycles. The second kappa shape index (κ2) is 9.77. The lowest BCUT2D eigenvalue weighted by Crippen LogP contribution is -2.34. The predicted molar refractivity (Wildman–Crippen MR) is 108 cm³/mol. The normalized spacial score (nSPS) is 10.3. The number of ether oxygens (including phenoxy) is 2. The highest BCUT2D eigenvalue weighted by Crippen LogP contribution is 2.16. The van der Waals surface area contributed by atoms with Crippen molar-refractivity contribution >= 4 is 28.9 Å². The molecule has 2 aromatic rings. The Morgan fingerprint density at radius 2 is 1.58 bits per heavy atom. The zero-order valence-electron chi connectivity index (χ0n) is 15.2. The maximum Gasteiger partial charge on any atom is 0.257 e. The average molecular weight is 372 g/mol. The molecule has 0 radical (unpaired) electrons. The van der Waals surface area contributed by atoms with E-state index in [-0.39, 0.29) is 11.0 Å². The van der Waals surface area contributed by atoms with Gasteiger partial charge in [-0.25, -0.2) is 0 Å². The van der Waals surface area contributed by atoms with Gasteiger partial charge in [-0.1, -0.05) is 13.8 Å². The average Bonchev–Trinajstić information content (AvgIpc) is 2.62. The van der Waals surface area contributed by atoms with Crippen LogP contribution < -0.4 is 20.1 Å². The molecule has 1 amide bonds. The van der Waals surface area contributed by atoms with Gasteiger partial charge in [0.15, 0.2) is 5.11 Å². The molecule has 5 nitrogen and oxygen atoms in total. The molecule has 0 aliphatic rings. The number of hydrogen-bond acceptors (Lipinski definition) is 4. The van der Waals surface area contributed by atoms with E-state index in [1.54, 1.807) is 24.3 Å². The number of carbonyl (C=O) groups excluding carboxylic acids is 1. The second-order valence-electron chi connectivity index (χ2n) is 6.09. The molecule has 0 aliphatic carbocycles. The highest BCUT2D eigenvalue weighted by Gasteiger charge is 2.08. The monoisotopic (exact) mass is 372 g/mol. The Morgan fingerprint density at radius 3 is 2.15 bits per heavy atom. The minimum Gasteiger partial charge on any atom is -0.494 e. The zero-order valence-corrected chi connectivity index (χ0v) is 16.1. The predicted octanol–water partition coefficient (Wildman–Crippen LogP) is 4.25. The zero-order chi connectivity index (χ0) is 18.9. The number of nitrogens with one attached hydrogen (secondary N) is 2. The minimum absolute atomic E-state index is 0.235. The largest absolute Gasteiger partial charge is 0.494 e. The third-order valence-corrected chi connectivity index (χ3v) is 3.55. The van der Waals surface area contributed by atoms with Crippen molar-refractivity contribution in [2.24, 2.45) is 5.92 Å². The molecule has 0 bridgehead atoms. The van der Waals surface area contributed by atoms with E-state index in [2.05, 4.69) is 24.5 Å². The summed E-state index contributed by atoms with van der Waals surface area (Å²) in [6.45, 7) is 7.35. The third kappa shape index (κ3) is 6.37. The van der Waals surface area contributed by atoms with Gasteiger partial charge in [-0.2, -0.15) is 0 Å². The molecule has 0 saturated carbocycles. The molecule has 0 aliphatic heterocycles. The summed E-state index contributed by atoms with van der Waals surface area (Å²) >= 11 is 5.19. The topological polar surface area (TPSA) is 59.6 Å². The summed E-state index contributed by atoms with van der Waals surface area (Å²) in [5.74, 6) is 1.70. The molecular formula is C20H24N2O3S. The van der Waals surface area contributed by atoms with E-state index in [4.69, 9.17) is 21.7 Å². The van der Waals surface area contributed by atoms with Gasteiger partial charge in [0.25, 0.3) is 5.91 Å². The quantitative estimate of drug-likeness (QED) is 0.712. The molecule has 0 heterocycles. The van der Waals surface area contributed by atoms with Crippen LogP contribution in [0.25, 0.3) is 0 Å². The SMILES string of the molecule is CCOc1ccc(NC(=S)NC(=O)c2ccc(OCC(C)C)cc2)cc1. The lowest BCUT2D eigenvalue weighted by Gasteiger charge is -2.11. The smallest absolute Gasteiger partial charge is 0.257 e. The number of amides is 1. The fraction of sp³-hybridized carbons (Fsp3) is 0.300. The number of thiocarbonyl (C=S) groups is 1. The molecule has 2 N–H and O–H groups in total. The Hall–Kier alpha value is -2.60. The molecule has 26 heavy (non-hydrogen) atoms. The van der Waals surface area contributed by atoms with E-state index in [1.807, 2.05) is 31.2 Å². The summed E-state index contributed by atoms with van der Waals surface area (Å²) < 4.78 is 11.0. The van der Waals surface area contributed by atoms with E-state index in [9.17, 15) is 4.79 Å². The molecule has 0 aromatic heterocycles. The summed E-state index contributed by atoms with van der Waals surface area (Å²) in [6.07, 6.45) is 0. The van der Waals surface area contributed by atoms with Crippen LogP contribution in [0.2, 0.25) is 0 Å². The standard InChI is InChI=1S/C20H24N2O3S/c1-4-24-17-11-7-16(8-12-17)21-20(26)22-19(23)15-5-9-18(10-6-15)25-13-14(2)3/h5-12,14H,4,13H2,1-3H3,(H2,21,22,23,26). The number of carbonyl (C=O) groups is 1. The van der Waals surface area contributed by atoms with E-state index in [0.717, 1.165) is 17.2 Å². The molecule has 0 saturated heterocycles. The fourth-order valence-electron chi connectivity index (χ4n) is 2.10. The highest BCUT2D eigenvalue weighted by molar-refractivity contribution is 7.80. The third-order valence-electron chi connectivity index (χ3n) is 3.35. The van der Waals surface area contributed by atoms with Gasteiger partial charge in [0.1, 0.15) is 11.5 Å². The molecule has 138 valence electrons. The first-order valence-electron chi connectivity index (χ1n) is 8.56. The van der Waals surface area contributed by atoms with Gasteiger partial charge >= 0.3 is 0 Å². The minimum atomic E-state index is -0.274. The van der Waals surface area contributed by atoms with Crippen molar-refractivity contribution in [2.45, 2.75) is 20.8 Å². The Bertz CT molecular complexity index is 728. The molecule has 0 unspecified atom stereocenters.